The maximum Gasteiger partial charge on any atom is 0.0620 e. The molecular formula is C11H23NO. The molecule has 1 unspecified atom stereocenters. The summed E-state index contributed by atoms with van der Waals surface area (Å²) in [6.07, 6.45) is 5.60. The van der Waals surface area contributed by atoms with Gasteiger partial charge in [0, 0.05) is 6.04 Å². The Labute approximate surface area is 81.7 Å². The van der Waals surface area contributed by atoms with Gasteiger partial charge in [0.15, 0.2) is 0 Å². The summed E-state index contributed by atoms with van der Waals surface area (Å²) in [5.74, 6) is 0.822. The molecule has 1 saturated carbocycles. The van der Waals surface area contributed by atoms with Gasteiger partial charge in [0.1, 0.15) is 0 Å². The van der Waals surface area contributed by atoms with Gasteiger partial charge in [-0.3, -0.25) is 0 Å². The highest BCUT2D eigenvalue weighted by Gasteiger charge is 2.28. The zero-order valence-corrected chi connectivity index (χ0v) is 9.14. The van der Waals surface area contributed by atoms with Crippen LogP contribution >= 0.6 is 0 Å². The monoisotopic (exact) mass is 185 g/mol. The Bertz CT molecular complexity index is 146. The average molecular weight is 185 g/mol. The van der Waals surface area contributed by atoms with E-state index in [1.807, 2.05) is 14.0 Å². The highest BCUT2D eigenvalue weighted by molar-refractivity contribution is 4.82. The van der Waals surface area contributed by atoms with Crippen LogP contribution in [0.4, 0.5) is 0 Å². The molecule has 2 heteroatoms. The molecular weight excluding hydrogens is 162 g/mol. The molecule has 2 nitrogen and oxygen atoms in total. The highest BCUT2D eigenvalue weighted by atomic mass is 16.3. The summed E-state index contributed by atoms with van der Waals surface area (Å²) in [4.78, 5) is 0. The second-order valence-electron chi connectivity index (χ2n) is 4.87. The third-order valence-electron chi connectivity index (χ3n) is 3.36. The van der Waals surface area contributed by atoms with Crippen LogP contribution in [0.5, 0.6) is 0 Å². The highest BCUT2D eigenvalue weighted by Crippen LogP contribution is 2.33. The van der Waals surface area contributed by atoms with Gasteiger partial charge in [-0.15, -0.1) is 0 Å². The molecule has 0 saturated heterocycles. The summed E-state index contributed by atoms with van der Waals surface area (Å²) in [6.45, 7) is 4.19. The Morgan fingerprint density at radius 2 is 2.00 bits per heavy atom. The smallest absolute Gasteiger partial charge is 0.0620 e. The van der Waals surface area contributed by atoms with Gasteiger partial charge >= 0.3 is 0 Å². The van der Waals surface area contributed by atoms with Gasteiger partial charge in [0.25, 0.3) is 0 Å². The SMILES string of the molecule is CNC(C)CC1CCC(C)(O)CC1. The molecule has 0 bridgehead atoms. The lowest BCUT2D eigenvalue weighted by Gasteiger charge is -2.34. The number of nitrogens with one attached hydrogen (secondary N) is 1. The van der Waals surface area contributed by atoms with E-state index in [1.54, 1.807) is 0 Å². The average Bonchev–Trinajstić information content (AvgIpc) is 2.08. The summed E-state index contributed by atoms with van der Waals surface area (Å²) in [5.41, 5.74) is -0.376. The molecule has 0 aliphatic heterocycles. The molecule has 1 fully saturated rings. The van der Waals surface area contributed by atoms with Crippen LogP contribution in [-0.4, -0.2) is 23.8 Å². The minimum Gasteiger partial charge on any atom is -0.390 e. The van der Waals surface area contributed by atoms with E-state index in [0.717, 1.165) is 18.8 Å². The van der Waals surface area contributed by atoms with Crippen molar-refractivity contribution in [2.24, 2.45) is 5.92 Å². The van der Waals surface area contributed by atoms with Gasteiger partial charge in [-0.25, -0.2) is 0 Å². The predicted octanol–water partition coefficient (Wildman–Crippen LogP) is 1.93. The molecule has 13 heavy (non-hydrogen) atoms. The molecule has 78 valence electrons. The Hall–Kier alpha value is -0.0800. The largest absolute Gasteiger partial charge is 0.390 e. The lowest BCUT2D eigenvalue weighted by atomic mass is 9.78. The van der Waals surface area contributed by atoms with Crippen molar-refractivity contribution in [1.82, 2.24) is 5.32 Å². The van der Waals surface area contributed by atoms with Crippen molar-refractivity contribution >= 4 is 0 Å². The fourth-order valence-corrected chi connectivity index (χ4v) is 2.15. The number of aliphatic hydroxyl groups is 1. The lowest BCUT2D eigenvalue weighted by Crippen LogP contribution is -2.33. The fourth-order valence-electron chi connectivity index (χ4n) is 2.15. The van der Waals surface area contributed by atoms with Crippen molar-refractivity contribution < 1.29 is 5.11 Å². The van der Waals surface area contributed by atoms with E-state index in [2.05, 4.69) is 12.2 Å². The second-order valence-corrected chi connectivity index (χ2v) is 4.87. The van der Waals surface area contributed by atoms with Gasteiger partial charge in [0.2, 0.25) is 0 Å². The third-order valence-corrected chi connectivity index (χ3v) is 3.36. The maximum absolute atomic E-state index is 9.77. The minimum absolute atomic E-state index is 0.376. The molecule has 0 aromatic rings. The van der Waals surface area contributed by atoms with Gasteiger partial charge in [0.05, 0.1) is 5.60 Å². The van der Waals surface area contributed by atoms with E-state index in [9.17, 15) is 5.11 Å². The van der Waals surface area contributed by atoms with Crippen molar-refractivity contribution in [1.29, 1.82) is 0 Å². The van der Waals surface area contributed by atoms with Crippen LogP contribution in [-0.2, 0) is 0 Å². The molecule has 0 amide bonds. The van der Waals surface area contributed by atoms with Crippen LogP contribution in [0, 0.1) is 5.92 Å². The molecule has 0 aromatic carbocycles. The first-order chi connectivity index (χ1) is 6.03. The number of hydrogen-bond acceptors (Lipinski definition) is 2. The summed E-state index contributed by atoms with van der Waals surface area (Å²) in [6, 6.07) is 0.619. The molecule has 1 aliphatic rings. The van der Waals surface area contributed by atoms with Gasteiger partial charge in [-0.2, -0.15) is 0 Å². The van der Waals surface area contributed by atoms with Crippen molar-refractivity contribution in [2.75, 3.05) is 7.05 Å². The zero-order chi connectivity index (χ0) is 9.90. The Kier molecular flexibility index (Phi) is 3.74. The van der Waals surface area contributed by atoms with Crippen LogP contribution in [0.1, 0.15) is 46.0 Å². The topological polar surface area (TPSA) is 32.3 Å². The first-order valence-corrected chi connectivity index (χ1v) is 5.43. The number of rotatable bonds is 3. The Morgan fingerprint density at radius 3 is 2.46 bits per heavy atom. The molecule has 0 aromatic heterocycles. The molecule has 0 radical (unpaired) electrons. The molecule has 1 rings (SSSR count). The first-order valence-electron chi connectivity index (χ1n) is 5.43. The van der Waals surface area contributed by atoms with Gasteiger partial charge in [-0.05, 0) is 58.9 Å². The summed E-state index contributed by atoms with van der Waals surface area (Å²) < 4.78 is 0. The molecule has 1 aliphatic carbocycles. The quantitative estimate of drug-likeness (QED) is 0.704. The van der Waals surface area contributed by atoms with Crippen LogP contribution in [0.15, 0.2) is 0 Å². The predicted molar refractivity (Wildman–Crippen MR) is 55.7 cm³/mol. The standard InChI is InChI=1S/C11H23NO/c1-9(12-3)8-10-4-6-11(2,13)7-5-10/h9-10,12-13H,4-8H2,1-3H3. The summed E-state index contributed by atoms with van der Waals surface area (Å²) in [5, 5.41) is 13.0. The molecule has 2 N–H and O–H groups in total. The van der Waals surface area contributed by atoms with Crippen LogP contribution in [0.3, 0.4) is 0 Å². The fraction of sp³-hybridized carbons (Fsp3) is 1.00. The van der Waals surface area contributed by atoms with Crippen molar-refractivity contribution in [3.8, 4) is 0 Å². The third kappa shape index (κ3) is 3.65. The van der Waals surface area contributed by atoms with E-state index in [0.29, 0.717) is 6.04 Å². The van der Waals surface area contributed by atoms with Crippen molar-refractivity contribution in [2.45, 2.75) is 57.6 Å². The van der Waals surface area contributed by atoms with Crippen molar-refractivity contribution in [3.63, 3.8) is 0 Å². The van der Waals surface area contributed by atoms with Crippen LogP contribution in [0.2, 0.25) is 0 Å². The molecule has 1 atom stereocenters. The lowest BCUT2D eigenvalue weighted by molar-refractivity contribution is 0.00594. The molecule has 0 spiro atoms. The van der Waals surface area contributed by atoms with E-state index in [1.165, 1.54) is 19.3 Å². The van der Waals surface area contributed by atoms with Gasteiger partial charge < -0.3 is 10.4 Å². The minimum atomic E-state index is -0.376. The first kappa shape index (κ1) is 11.0. The van der Waals surface area contributed by atoms with E-state index >= 15 is 0 Å². The summed E-state index contributed by atoms with van der Waals surface area (Å²) in [7, 11) is 2.02. The summed E-state index contributed by atoms with van der Waals surface area (Å²) >= 11 is 0. The van der Waals surface area contributed by atoms with Crippen molar-refractivity contribution in [3.05, 3.63) is 0 Å². The van der Waals surface area contributed by atoms with Crippen LogP contribution < -0.4 is 5.32 Å². The van der Waals surface area contributed by atoms with E-state index in [4.69, 9.17) is 0 Å². The second kappa shape index (κ2) is 4.43. The Morgan fingerprint density at radius 1 is 1.46 bits per heavy atom. The van der Waals surface area contributed by atoms with E-state index < -0.39 is 0 Å². The van der Waals surface area contributed by atoms with Crippen LogP contribution in [0.25, 0.3) is 0 Å². The Balaban J connectivity index is 2.25. The normalized spacial score (nSPS) is 37.4. The van der Waals surface area contributed by atoms with Gasteiger partial charge in [-0.1, -0.05) is 0 Å². The van der Waals surface area contributed by atoms with E-state index in [-0.39, 0.29) is 5.60 Å². The zero-order valence-electron chi connectivity index (χ0n) is 9.14. The number of hydrogen-bond donors (Lipinski definition) is 2. The maximum atomic E-state index is 9.77. The molecule has 0 heterocycles.